The van der Waals surface area contributed by atoms with Crippen molar-refractivity contribution in [3.63, 3.8) is 0 Å². The van der Waals surface area contributed by atoms with Crippen LogP contribution in [0.25, 0.3) is 21.7 Å². The van der Waals surface area contributed by atoms with Gasteiger partial charge in [0.1, 0.15) is 10.5 Å². The predicted octanol–water partition coefficient (Wildman–Crippen LogP) is 2.59. The van der Waals surface area contributed by atoms with Gasteiger partial charge in [-0.2, -0.15) is 18.2 Å². The first kappa shape index (κ1) is 20.0. The number of fused-ring (bicyclic) bond motifs is 3. The zero-order chi connectivity index (χ0) is 22.1. The quantitative estimate of drug-likeness (QED) is 0.514. The van der Waals surface area contributed by atoms with E-state index in [0.717, 1.165) is 6.07 Å². The van der Waals surface area contributed by atoms with E-state index in [1.54, 1.807) is 10.3 Å². The molecule has 2 atom stereocenters. The summed E-state index contributed by atoms with van der Waals surface area (Å²) in [7, 11) is 0. The number of aromatic nitrogens is 2. The Morgan fingerprint density at radius 1 is 1.23 bits per heavy atom. The third-order valence-electron chi connectivity index (χ3n) is 5.65. The van der Waals surface area contributed by atoms with E-state index in [-0.39, 0.29) is 42.3 Å². The van der Waals surface area contributed by atoms with Crippen LogP contribution in [0.2, 0.25) is 0 Å². The number of oxazole rings is 1. The predicted molar refractivity (Wildman–Crippen MR) is 102 cm³/mol. The second-order valence-electron chi connectivity index (χ2n) is 7.48. The molecule has 6 rings (SSSR count). The van der Waals surface area contributed by atoms with Crippen molar-refractivity contribution in [2.24, 2.45) is 0 Å². The minimum absolute atomic E-state index is 0.0158. The molecule has 3 N–H and O–H groups in total. The Balaban J connectivity index is 1.61. The fourth-order valence-electron chi connectivity index (χ4n) is 4.17. The van der Waals surface area contributed by atoms with Crippen LogP contribution in [0.1, 0.15) is 12.0 Å². The van der Waals surface area contributed by atoms with Gasteiger partial charge in [0.25, 0.3) is 11.8 Å². The molecule has 3 saturated heterocycles. The Morgan fingerprint density at radius 3 is 2.52 bits per heavy atom. The van der Waals surface area contributed by atoms with Crippen LogP contribution in [0.4, 0.5) is 24.0 Å². The summed E-state index contributed by atoms with van der Waals surface area (Å²) in [5.41, 5.74) is -0.910. The van der Waals surface area contributed by atoms with Gasteiger partial charge < -0.3 is 24.6 Å². The number of hydrogen-bond acceptors (Lipinski definition) is 8. The standard InChI is InChI=1S/C18H15F3N4O5S/c19-18(20,21)17(28,29)11-2-1-10(14-22-3-4-31-14)13-12(11)23-15(30-13)24-6-8-5-9(7-24)25(8)16(26)27/h1-4,8-9,28-29H,5-7H2,(H,26,27). The molecule has 0 aliphatic carbocycles. The van der Waals surface area contributed by atoms with E-state index >= 15 is 0 Å². The van der Waals surface area contributed by atoms with Crippen molar-refractivity contribution in [3.05, 3.63) is 29.3 Å². The number of aliphatic hydroxyl groups is 2. The number of hydrogen-bond donors (Lipinski definition) is 3. The number of nitrogens with zero attached hydrogens (tertiary/aromatic N) is 4. The van der Waals surface area contributed by atoms with E-state index < -0.39 is 23.6 Å². The maximum atomic E-state index is 13.3. The lowest BCUT2D eigenvalue weighted by Gasteiger charge is -2.54. The van der Waals surface area contributed by atoms with Crippen molar-refractivity contribution in [2.75, 3.05) is 18.0 Å². The number of halogens is 3. The first-order valence-electron chi connectivity index (χ1n) is 9.19. The molecule has 31 heavy (non-hydrogen) atoms. The van der Waals surface area contributed by atoms with Gasteiger partial charge in [0.05, 0.1) is 23.2 Å². The summed E-state index contributed by atoms with van der Waals surface area (Å²) in [5.74, 6) is -4.13. The summed E-state index contributed by atoms with van der Waals surface area (Å²) >= 11 is 1.23. The molecule has 2 aromatic heterocycles. The molecular weight excluding hydrogens is 441 g/mol. The van der Waals surface area contributed by atoms with Crippen LogP contribution >= 0.6 is 11.3 Å². The Kier molecular flexibility index (Phi) is 4.23. The molecular formula is C18H15F3N4O5S. The fraction of sp³-hybridized carbons (Fsp3) is 0.389. The number of piperidine rings is 1. The van der Waals surface area contributed by atoms with Crippen LogP contribution in [0.5, 0.6) is 0 Å². The maximum Gasteiger partial charge on any atom is 0.447 e. The van der Waals surface area contributed by atoms with Gasteiger partial charge in [0, 0.05) is 24.7 Å². The van der Waals surface area contributed by atoms with Crippen molar-refractivity contribution in [1.29, 1.82) is 0 Å². The molecule has 2 unspecified atom stereocenters. The highest BCUT2D eigenvalue weighted by Crippen LogP contribution is 2.44. The van der Waals surface area contributed by atoms with E-state index in [1.165, 1.54) is 28.5 Å². The van der Waals surface area contributed by atoms with Gasteiger partial charge in [-0.05, 0) is 12.5 Å². The summed E-state index contributed by atoms with van der Waals surface area (Å²) in [4.78, 5) is 22.6. The highest BCUT2D eigenvalue weighted by atomic mass is 32.1. The molecule has 5 heterocycles. The third-order valence-corrected chi connectivity index (χ3v) is 6.46. The molecule has 0 spiro atoms. The van der Waals surface area contributed by atoms with Crippen LogP contribution in [0, 0.1) is 0 Å². The van der Waals surface area contributed by atoms with E-state index in [0.29, 0.717) is 17.0 Å². The van der Waals surface area contributed by atoms with Crippen LogP contribution in [0.3, 0.4) is 0 Å². The fourth-order valence-corrected chi connectivity index (χ4v) is 4.83. The molecule has 0 radical (unpaired) electrons. The van der Waals surface area contributed by atoms with Gasteiger partial charge in [0.2, 0.25) is 0 Å². The molecule has 3 aromatic rings. The Morgan fingerprint density at radius 2 is 1.94 bits per heavy atom. The van der Waals surface area contributed by atoms with Crippen LogP contribution in [-0.2, 0) is 5.79 Å². The number of rotatable bonds is 3. The smallest absolute Gasteiger partial charge is 0.447 e. The van der Waals surface area contributed by atoms with Crippen molar-refractivity contribution in [3.8, 4) is 10.6 Å². The van der Waals surface area contributed by atoms with Gasteiger partial charge in [-0.1, -0.05) is 6.07 Å². The Labute approximate surface area is 176 Å². The van der Waals surface area contributed by atoms with E-state index in [4.69, 9.17) is 4.42 Å². The minimum Gasteiger partial charge on any atom is -0.465 e. The second kappa shape index (κ2) is 6.55. The highest BCUT2D eigenvalue weighted by molar-refractivity contribution is 7.13. The van der Waals surface area contributed by atoms with Crippen molar-refractivity contribution in [1.82, 2.24) is 14.9 Å². The number of piperazine rings is 1. The number of benzene rings is 1. The number of alkyl halides is 3. The van der Waals surface area contributed by atoms with Gasteiger partial charge in [-0.15, -0.1) is 11.3 Å². The van der Waals surface area contributed by atoms with Crippen LogP contribution in [-0.4, -0.2) is 67.6 Å². The van der Waals surface area contributed by atoms with Gasteiger partial charge >= 0.3 is 12.3 Å². The van der Waals surface area contributed by atoms with E-state index in [1.807, 2.05) is 0 Å². The van der Waals surface area contributed by atoms with Crippen LogP contribution < -0.4 is 4.90 Å². The summed E-state index contributed by atoms with van der Waals surface area (Å²) in [6.07, 6.45) is -4.18. The summed E-state index contributed by atoms with van der Waals surface area (Å²) in [5, 5.41) is 31.1. The van der Waals surface area contributed by atoms with E-state index in [2.05, 4.69) is 9.97 Å². The zero-order valence-electron chi connectivity index (χ0n) is 15.6. The highest BCUT2D eigenvalue weighted by Gasteiger charge is 2.56. The minimum atomic E-state index is -5.36. The number of anilines is 1. The summed E-state index contributed by atoms with van der Waals surface area (Å²) in [6.45, 7) is 0.528. The molecule has 164 valence electrons. The molecule has 3 aliphatic rings. The second-order valence-corrected chi connectivity index (χ2v) is 8.37. The lowest BCUT2D eigenvalue weighted by molar-refractivity contribution is -0.357. The Bertz CT molecular complexity index is 1150. The number of carbonyl (C=O) groups is 1. The molecule has 2 bridgehead atoms. The third kappa shape index (κ3) is 2.95. The molecule has 0 saturated carbocycles. The molecule has 9 nitrogen and oxygen atoms in total. The van der Waals surface area contributed by atoms with Crippen LogP contribution in [0.15, 0.2) is 28.1 Å². The number of thiazole rings is 1. The zero-order valence-corrected chi connectivity index (χ0v) is 16.4. The molecule has 3 aliphatic heterocycles. The average Bonchev–Trinajstić information content (AvgIpc) is 3.36. The van der Waals surface area contributed by atoms with Gasteiger partial charge in [-0.3, -0.25) is 4.90 Å². The van der Waals surface area contributed by atoms with Crippen molar-refractivity contribution in [2.45, 2.75) is 30.5 Å². The SMILES string of the molecule is O=C(O)N1C2CC1CN(c1nc3c(C(O)(O)C(F)(F)F)ccc(-c4nccs4)c3o1)C2. The first-order valence-corrected chi connectivity index (χ1v) is 10.1. The molecule has 1 amide bonds. The Hall–Kier alpha value is -2.90. The topological polar surface area (TPSA) is 123 Å². The van der Waals surface area contributed by atoms with E-state index in [9.17, 15) is 33.3 Å². The van der Waals surface area contributed by atoms with Crippen molar-refractivity contribution >= 4 is 34.5 Å². The molecule has 3 fully saturated rings. The van der Waals surface area contributed by atoms with Gasteiger partial charge in [-0.25, -0.2) is 9.78 Å². The monoisotopic (exact) mass is 456 g/mol. The number of carboxylic acid groups (broad SMARTS) is 1. The molecule has 1 aromatic carbocycles. The normalized spacial score (nSPS) is 21.5. The number of amides is 1. The summed E-state index contributed by atoms with van der Waals surface area (Å²) in [6, 6.07) is 1.66. The van der Waals surface area contributed by atoms with Crippen molar-refractivity contribution < 1.29 is 37.7 Å². The lowest BCUT2D eigenvalue weighted by atomic mass is 9.88. The summed E-state index contributed by atoms with van der Waals surface area (Å²) < 4.78 is 45.8. The van der Waals surface area contributed by atoms with Gasteiger partial charge in [0.15, 0.2) is 5.58 Å². The average molecular weight is 456 g/mol. The molecule has 13 heteroatoms. The first-order chi connectivity index (χ1) is 14.6. The maximum absolute atomic E-state index is 13.3. The lowest BCUT2D eigenvalue weighted by Crippen LogP contribution is -2.70. The largest absolute Gasteiger partial charge is 0.465 e.